The lowest BCUT2D eigenvalue weighted by molar-refractivity contribution is -0.255. The number of carbonyl (C=O) groups excluding carboxylic acids is 1. The lowest BCUT2D eigenvalue weighted by Crippen LogP contribution is -2.22. The molecule has 2 aromatic rings. The Morgan fingerprint density at radius 1 is 1.11 bits per heavy atom. The zero-order valence-electron chi connectivity index (χ0n) is 9.79. The quantitative estimate of drug-likeness (QED) is 0.855. The first kappa shape index (κ1) is 11.9. The number of carboxylic acid groups (broad SMARTS) is 1. The van der Waals surface area contributed by atoms with E-state index in [2.05, 4.69) is 0 Å². The molecule has 1 heterocycles. The third-order valence-electron chi connectivity index (χ3n) is 2.68. The number of ether oxygens (including phenoxy) is 2. The molecule has 1 aliphatic rings. The summed E-state index contributed by atoms with van der Waals surface area (Å²) in [5.41, 5.74) is 0.185. The van der Waals surface area contributed by atoms with E-state index in [4.69, 9.17) is 9.47 Å². The van der Waals surface area contributed by atoms with Crippen LogP contribution >= 0.6 is 11.8 Å². The van der Waals surface area contributed by atoms with Crippen molar-refractivity contribution in [3.05, 3.63) is 48.0 Å². The van der Waals surface area contributed by atoms with Gasteiger partial charge < -0.3 is 19.4 Å². The SMILES string of the molecule is O=C([O-])c1ccccc1Sc1ccc2c(c1)OCO2. The molecule has 0 radical (unpaired) electrons. The maximum absolute atomic E-state index is 11.0. The number of hydrogen-bond donors (Lipinski definition) is 0. The van der Waals surface area contributed by atoms with Gasteiger partial charge in [0.15, 0.2) is 11.5 Å². The van der Waals surface area contributed by atoms with E-state index in [1.54, 1.807) is 18.2 Å². The van der Waals surface area contributed by atoms with E-state index in [-0.39, 0.29) is 12.4 Å². The molecule has 0 aromatic heterocycles. The van der Waals surface area contributed by atoms with Crippen molar-refractivity contribution in [2.75, 3.05) is 6.79 Å². The number of carboxylic acids is 1. The Hall–Kier alpha value is -2.14. The fourth-order valence-electron chi connectivity index (χ4n) is 1.79. The Bertz CT molecular complexity index is 639. The van der Waals surface area contributed by atoms with Crippen molar-refractivity contribution >= 4 is 17.7 Å². The standard InChI is InChI=1S/C14H10O4S/c15-14(16)10-3-1-2-4-13(10)19-9-5-6-11-12(7-9)18-8-17-11/h1-7H,8H2,(H,15,16)/p-1. The van der Waals surface area contributed by atoms with Crippen molar-refractivity contribution in [1.29, 1.82) is 0 Å². The number of carbonyl (C=O) groups is 1. The summed E-state index contributed by atoms with van der Waals surface area (Å²) in [6.07, 6.45) is 0. The van der Waals surface area contributed by atoms with E-state index in [1.807, 2.05) is 18.2 Å². The Labute approximate surface area is 114 Å². The van der Waals surface area contributed by atoms with Gasteiger partial charge in [-0.3, -0.25) is 0 Å². The van der Waals surface area contributed by atoms with E-state index in [1.165, 1.54) is 17.8 Å². The van der Waals surface area contributed by atoms with Gasteiger partial charge in [-0.1, -0.05) is 30.0 Å². The van der Waals surface area contributed by atoms with Crippen molar-refractivity contribution in [2.24, 2.45) is 0 Å². The molecule has 19 heavy (non-hydrogen) atoms. The van der Waals surface area contributed by atoms with Crippen LogP contribution in [0.4, 0.5) is 0 Å². The smallest absolute Gasteiger partial charge is 0.231 e. The summed E-state index contributed by atoms with van der Waals surface area (Å²) in [6, 6.07) is 12.3. The molecule has 0 atom stereocenters. The third-order valence-corrected chi connectivity index (χ3v) is 3.74. The first-order chi connectivity index (χ1) is 9.24. The zero-order valence-corrected chi connectivity index (χ0v) is 10.6. The Kier molecular flexibility index (Phi) is 3.05. The molecule has 0 aliphatic carbocycles. The van der Waals surface area contributed by atoms with E-state index >= 15 is 0 Å². The molecule has 0 bridgehead atoms. The average Bonchev–Trinajstić information content (AvgIpc) is 2.86. The summed E-state index contributed by atoms with van der Waals surface area (Å²) >= 11 is 1.35. The molecule has 2 aromatic carbocycles. The average molecular weight is 273 g/mol. The molecule has 0 saturated carbocycles. The summed E-state index contributed by atoms with van der Waals surface area (Å²) in [5.74, 6) is 0.206. The molecule has 0 fully saturated rings. The minimum atomic E-state index is -1.18. The molecule has 0 amide bonds. The van der Waals surface area contributed by atoms with Crippen LogP contribution in [0.25, 0.3) is 0 Å². The highest BCUT2D eigenvalue weighted by Crippen LogP contribution is 2.38. The predicted molar refractivity (Wildman–Crippen MR) is 67.5 cm³/mol. The van der Waals surface area contributed by atoms with Gasteiger partial charge in [0.1, 0.15) is 0 Å². The second-order valence-corrected chi connectivity index (χ2v) is 5.02. The van der Waals surface area contributed by atoms with Crippen molar-refractivity contribution < 1.29 is 19.4 Å². The van der Waals surface area contributed by atoms with Crippen LogP contribution in [0, 0.1) is 0 Å². The third kappa shape index (κ3) is 2.37. The number of benzene rings is 2. The Morgan fingerprint density at radius 3 is 2.74 bits per heavy atom. The Morgan fingerprint density at radius 2 is 1.89 bits per heavy atom. The molecule has 4 nitrogen and oxygen atoms in total. The van der Waals surface area contributed by atoms with Gasteiger partial charge in [-0.15, -0.1) is 0 Å². The maximum Gasteiger partial charge on any atom is 0.231 e. The van der Waals surface area contributed by atoms with Crippen molar-refractivity contribution in [3.63, 3.8) is 0 Å². The van der Waals surface area contributed by atoms with E-state index in [9.17, 15) is 9.90 Å². The highest BCUT2D eigenvalue weighted by molar-refractivity contribution is 7.99. The summed E-state index contributed by atoms with van der Waals surface area (Å²) in [6.45, 7) is 0.221. The topological polar surface area (TPSA) is 58.6 Å². The number of hydrogen-bond acceptors (Lipinski definition) is 5. The van der Waals surface area contributed by atoms with Gasteiger partial charge in [-0.2, -0.15) is 0 Å². The minimum absolute atomic E-state index is 0.185. The normalized spacial score (nSPS) is 12.4. The Balaban J connectivity index is 1.91. The minimum Gasteiger partial charge on any atom is -0.545 e. The molecule has 1 aliphatic heterocycles. The highest BCUT2D eigenvalue weighted by Gasteiger charge is 2.14. The zero-order chi connectivity index (χ0) is 13.2. The van der Waals surface area contributed by atoms with Gasteiger partial charge in [0.2, 0.25) is 6.79 Å². The predicted octanol–water partition coefficient (Wildman–Crippen LogP) is 1.93. The molecule has 0 unspecified atom stereocenters. The molecule has 0 N–H and O–H groups in total. The van der Waals surface area contributed by atoms with Crippen LogP contribution in [-0.4, -0.2) is 12.8 Å². The van der Waals surface area contributed by atoms with Gasteiger partial charge in [-0.25, -0.2) is 0 Å². The first-order valence-corrected chi connectivity index (χ1v) is 6.43. The fourth-order valence-corrected chi connectivity index (χ4v) is 2.76. The lowest BCUT2D eigenvalue weighted by atomic mass is 10.2. The fraction of sp³-hybridized carbons (Fsp3) is 0.0714. The number of aromatic carboxylic acids is 1. The van der Waals surface area contributed by atoms with Gasteiger partial charge in [0.05, 0.1) is 5.97 Å². The number of fused-ring (bicyclic) bond motifs is 1. The van der Waals surface area contributed by atoms with E-state index in [0.29, 0.717) is 16.4 Å². The second kappa shape index (κ2) is 4.85. The van der Waals surface area contributed by atoms with Gasteiger partial charge in [0.25, 0.3) is 0 Å². The van der Waals surface area contributed by atoms with E-state index < -0.39 is 5.97 Å². The van der Waals surface area contributed by atoms with Crippen molar-refractivity contribution in [3.8, 4) is 11.5 Å². The molecule has 0 spiro atoms. The summed E-state index contributed by atoms with van der Waals surface area (Å²) < 4.78 is 10.5. The highest BCUT2D eigenvalue weighted by atomic mass is 32.2. The van der Waals surface area contributed by atoms with Crippen LogP contribution in [0.3, 0.4) is 0 Å². The largest absolute Gasteiger partial charge is 0.545 e. The molecule has 3 rings (SSSR count). The van der Waals surface area contributed by atoms with Gasteiger partial charge >= 0.3 is 0 Å². The molecule has 0 saturated heterocycles. The van der Waals surface area contributed by atoms with Gasteiger partial charge in [0, 0.05) is 15.4 Å². The lowest BCUT2D eigenvalue weighted by Gasteiger charge is -2.09. The summed E-state index contributed by atoms with van der Waals surface area (Å²) in [5, 5.41) is 11.0. The second-order valence-electron chi connectivity index (χ2n) is 3.90. The van der Waals surface area contributed by atoms with Gasteiger partial charge in [-0.05, 0) is 24.3 Å². The summed E-state index contributed by atoms with van der Waals surface area (Å²) in [7, 11) is 0. The van der Waals surface area contributed by atoms with Crippen molar-refractivity contribution in [2.45, 2.75) is 9.79 Å². The van der Waals surface area contributed by atoms with Crippen LogP contribution in [0.15, 0.2) is 52.3 Å². The van der Waals surface area contributed by atoms with Crippen LogP contribution < -0.4 is 14.6 Å². The van der Waals surface area contributed by atoms with Crippen LogP contribution in [0.5, 0.6) is 11.5 Å². The molecule has 5 heteroatoms. The van der Waals surface area contributed by atoms with Crippen molar-refractivity contribution in [1.82, 2.24) is 0 Å². The molecular formula is C14H9O4S-. The summed E-state index contributed by atoms with van der Waals surface area (Å²) in [4.78, 5) is 12.6. The van der Waals surface area contributed by atoms with E-state index in [0.717, 1.165) is 4.90 Å². The monoisotopic (exact) mass is 273 g/mol. The molecule has 96 valence electrons. The van der Waals surface area contributed by atoms with Crippen LogP contribution in [0.1, 0.15) is 10.4 Å². The maximum atomic E-state index is 11.0. The number of rotatable bonds is 3. The van der Waals surface area contributed by atoms with Crippen LogP contribution in [0.2, 0.25) is 0 Å². The van der Waals surface area contributed by atoms with Crippen LogP contribution in [-0.2, 0) is 0 Å². The first-order valence-electron chi connectivity index (χ1n) is 5.62. The molecular weight excluding hydrogens is 264 g/mol.